The molecule has 0 fully saturated rings. The van der Waals surface area contributed by atoms with E-state index in [0.29, 0.717) is 12.1 Å². The first kappa shape index (κ1) is 14.3. The number of hydrogen-bond acceptors (Lipinski definition) is 5. The fourth-order valence-corrected chi connectivity index (χ4v) is 4.22. The van der Waals surface area contributed by atoms with Crippen molar-refractivity contribution in [1.29, 1.82) is 0 Å². The van der Waals surface area contributed by atoms with Gasteiger partial charge in [-0.1, -0.05) is 0 Å². The molecule has 2 unspecified atom stereocenters. The monoisotopic (exact) mass is 286 g/mol. The molecule has 3 nitrogen and oxygen atoms in total. The van der Waals surface area contributed by atoms with Crippen LogP contribution in [0.1, 0.15) is 41.4 Å². The highest BCUT2D eigenvalue weighted by molar-refractivity contribution is 7.98. The Morgan fingerprint density at radius 3 is 3.00 bits per heavy atom. The minimum Gasteiger partial charge on any atom is -0.396 e. The summed E-state index contributed by atoms with van der Waals surface area (Å²) in [4.78, 5) is 6.24. The Bertz CT molecular complexity index is 354. The average Bonchev–Trinajstić information content (AvgIpc) is 2.89. The zero-order chi connectivity index (χ0) is 13.0. The van der Waals surface area contributed by atoms with Gasteiger partial charge in [0.25, 0.3) is 0 Å². The molecule has 5 heteroatoms. The van der Waals surface area contributed by atoms with Crippen molar-refractivity contribution < 1.29 is 5.11 Å². The molecular formula is C13H22N2OS2. The maximum absolute atomic E-state index is 9.08. The van der Waals surface area contributed by atoms with Gasteiger partial charge in [-0.25, -0.2) is 4.98 Å². The van der Waals surface area contributed by atoms with Crippen LogP contribution in [0.4, 0.5) is 0 Å². The second-order valence-electron chi connectivity index (χ2n) is 4.83. The molecule has 1 aromatic rings. The molecule has 0 radical (unpaired) electrons. The standard InChI is InChI=1S/C13H22N2OS2/c1-9(14-10(6-7-16)8-17-2)13-15-11-4-3-5-12(11)18-13/h9-10,14,16H,3-8H2,1-2H3. The zero-order valence-corrected chi connectivity index (χ0v) is 12.7. The van der Waals surface area contributed by atoms with Gasteiger partial charge in [0.05, 0.1) is 11.7 Å². The molecule has 1 aliphatic rings. The summed E-state index contributed by atoms with van der Waals surface area (Å²) in [5, 5.41) is 13.9. The number of aryl methyl sites for hydroxylation is 2. The number of aliphatic hydroxyl groups is 1. The van der Waals surface area contributed by atoms with Gasteiger partial charge >= 0.3 is 0 Å². The van der Waals surface area contributed by atoms with Gasteiger partial charge < -0.3 is 10.4 Å². The van der Waals surface area contributed by atoms with E-state index in [0.717, 1.165) is 18.6 Å². The van der Waals surface area contributed by atoms with Crippen molar-refractivity contribution in [1.82, 2.24) is 10.3 Å². The summed E-state index contributed by atoms with van der Waals surface area (Å²) in [6.07, 6.45) is 6.56. The van der Waals surface area contributed by atoms with Gasteiger partial charge in [0.15, 0.2) is 0 Å². The van der Waals surface area contributed by atoms with Gasteiger partial charge in [-0.3, -0.25) is 0 Å². The smallest absolute Gasteiger partial charge is 0.110 e. The van der Waals surface area contributed by atoms with Crippen molar-refractivity contribution in [3.05, 3.63) is 15.6 Å². The molecule has 0 amide bonds. The van der Waals surface area contributed by atoms with Crippen LogP contribution in [0.5, 0.6) is 0 Å². The first-order chi connectivity index (χ1) is 8.74. The molecule has 0 aliphatic heterocycles. The summed E-state index contributed by atoms with van der Waals surface area (Å²) in [7, 11) is 0. The lowest BCUT2D eigenvalue weighted by Crippen LogP contribution is -2.34. The van der Waals surface area contributed by atoms with Crippen molar-refractivity contribution in [2.24, 2.45) is 0 Å². The molecule has 1 heterocycles. The van der Waals surface area contributed by atoms with Crippen molar-refractivity contribution in [2.45, 2.75) is 44.7 Å². The summed E-state index contributed by atoms with van der Waals surface area (Å²) < 4.78 is 0. The van der Waals surface area contributed by atoms with Crippen LogP contribution in [0.3, 0.4) is 0 Å². The molecule has 2 atom stereocenters. The van der Waals surface area contributed by atoms with Gasteiger partial charge in [-0.2, -0.15) is 11.8 Å². The van der Waals surface area contributed by atoms with E-state index < -0.39 is 0 Å². The van der Waals surface area contributed by atoms with Crippen LogP contribution in [0, 0.1) is 0 Å². The predicted octanol–water partition coefficient (Wildman–Crippen LogP) is 2.40. The van der Waals surface area contributed by atoms with Gasteiger partial charge in [-0.15, -0.1) is 11.3 Å². The largest absolute Gasteiger partial charge is 0.396 e. The third-order valence-electron chi connectivity index (χ3n) is 3.31. The third kappa shape index (κ3) is 3.47. The van der Waals surface area contributed by atoms with Crippen LogP contribution in [0.15, 0.2) is 0 Å². The number of hydrogen-bond donors (Lipinski definition) is 2. The fraction of sp³-hybridized carbons (Fsp3) is 0.769. The quantitative estimate of drug-likeness (QED) is 0.808. The second-order valence-corrected chi connectivity index (χ2v) is 6.85. The Hall–Kier alpha value is -0.100. The number of nitrogens with one attached hydrogen (secondary N) is 1. The number of thioether (sulfide) groups is 1. The minimum atomic E-state index is 0.249. The van der Waals surface area contributed by atoms with Crippen LogP contribution in [-0.4, -0.2) is 34.7 Å². The van der Waals surface area contributed by atoms with Crippen LogP contribution >= 0.6 is 23.1 Å². The number of aliphatic hydroxyl groups excluding tert-OH is 1. The number of thiazole rings is 1. The predicted molar refractivity (Wildman–Crippen MR) is 79.6 cm³/mol. The van der Waals surface area contributed by atoms with Crippen LogP contribution in [0.25, 0.3) is 0 Å². The summed E-state index contributed by atoms with van der Waals surface area (Å²) in [5.41, 5.74) is 1.33. The summed E-state index contributed by atoms with van der Waals surface area (Å²) in [6, 6.07) is 0.669. The maximum atomic E-state index is 9.08. The zero-order valence-electron chi connectivity index (χ0n) is 11.1. The van der Waals surface area contributed by atoms with Crippen LogP contribution in [-0.2, 0) is 12.8 Å². The number of fused-ring (bicyclic) bond motifs is 1. The number of rotatable bonds is 7. The number of nitrogens with zero attached hydrogens (tertiary/aromatic N) is 1. The Morgan fingerprint density at radius 1 is 1.50 bits per heavy atom. The molecule has 102 valence electrons. The molecule has 0 bridgehead atoms. The molecule has 2 N–H and O–H groups in total. The van der Waals surface area contributed by atoms with E-state index >= 15 is 0 Å². The third-order valence-corrected chi connectivity index (χ3v) is 5.39. The summed E-state index contributed by atoms with van der Waals surface area (Å²) in [5.74, 6) is 1.04. The van der Waals surface area contributed by atoms with Crippen molar-refractivity contribution in [3.63, 3.8) is 0 Å². The minimum absolute atomic E-state index is 0.249. The molecule has 0 saturated carbocycles. The van der Waals surface area contributed by atoms with Crippen molar-refractivity contribution in [3.8, 4) is 0 Å². The van der Waals surface area contributed by atoms with Gasteiger partial charge in [0.2, 0.25) is 0 Å². The first-order valence-corrected chi connectivity index (χ1v) is 8.80. The van der Waals surface area contributed by atoms with Crippen LogP contribution < -0.4 is 5.32 Å². The normalized spacial score (nSPS) is 17.7. The van der Waals surface area contributed by atoms with E-state index in [1.807, 2.05) is 23.1 Å². The van der Waals surface area contributed by atoms with E-state index in [1.54, 1.807) is 0 Å². The van der Waals surface area contributed by atoms with E-state index in [1.165, 1.54) is 28.4 Å². The lowest BCUT2D eigenvalue weighted by atomic mass is 10.2. The molecule has 1 aromatic heterocycles. The van der Waals surface area contributed by atoms with E-state index in [4.69, 9.17) is 10.1 Å². The number of aromatic nitrogens is 1. The van der Waals surface area contributed by atoms with Gasteiger partial charge in [0, 0.05) is 23.3 Å². The molecule has 18 heavy (non-hydrogen) atoms. The second kappa shape index (κ2) is 6.89. The lowest BCUT2D eigenvalue weighted by Gasteiger charge is -2.20. The Kier molecular flexibility index (Phi) is 5.48. The highest BCUT2D eigenvalue weighted by Gasteiger charge is 2.21. The van der Waals surface area contributed by atoms with E-state index in [2.05, 4.69) is 18.5 Å². The highest BCUT2D eigenvalue weighted by Crippen LogP contribution is 2.30. The summed E-state index contributed by atoms with van der Waals surface area (Å²) in [6.45, 7) is 2.43. The molecule has 1 aliphatic carbocycles. The van der Waals surface area contributed by atoms with Crippen molar-refractivity contribution >= 4 is 23.1 Å². The molecular weight excluding hydrogens is 264 g/mol. The highest BCUT2D eigenvalue weighted by atomic mass is 32.2. The SMILES string of the molecule is CSCC(CCO)NC(C)c1nc2c(s1)CCC2. The summed E-state index contributed by atoms with van der Waals surface area (Å²) >= 11 is 3.69. The Labute approximate surface area is 117 Å². The van der Waals surface area contributed by atoms with Gasteiger partial charge in [0.1, 0.15) is 5.01 Å². The topological polar surface area (TPSA) is 45.1 Å². The molecule has 0 saturated heterocycles. The Balaban J connectivity index is 1.94. The molecule has 0 aromatic carbocycles. The molecule has 0 spiro atoms. The molecule has 2 rings (SSSR count). The maximum Gasteiger partial charge on any atom is 0.110 e. The van der Waals surface area contributed by atoms with E-state index in [-0.39, 0.29) is 6.61 Å². The lowest BCUT2D eigenvalue weighted by molar-refractivity contribution is 0.265. The van der Waals surface area contributed by atoms with Crippen molar-refractivity contribution in [2.75, 3.05) is 18.6 Å². The Morgan fingerprint density at radius 2 is 2.33 bits per heavy atom. The van der Waals surface area contributed by atoms with Crippen LogP contribution in [0.2, 0.25) is 0 Å². The van der Waals surface area contributed by atoms with E-state index in [9.17, 15) is 0 Å². The fourth-order valence-electron chi connectivity index (χ4n) is 2.39. The average molecular weight is 286 g/mol. The first-order valence-electron chi connectivity index (χ1n) is 6.59. The van der Waals surface area contributed by atoms with Gasteiger partial charge in [-0.05, 0) is 38.9 Å².